The minimum Gasteiger partial charge on any atom is -0.449 e. The number of hydrogen-bond acceptors (Lipinski definition) is 11. The standard InChI is InChI=1S/C17H26ClN5O11P2/c1-2-3-4-5-32-17(26)21-13-10-14(22-16(18)20-13)23(7-19-10)15-12(25)11(24)9(34-15)6-33-36(30,31)8-35(27,28)29/h7,9,11-12,15,24-25H,2-6,8H2,1H3,(H,30,31)(H2,27,28,29)(H,20,21,22,26). The normalized spacial score (nSPS) is 24.1. The van der Waals surface area contributed by atoms with E-state index in [9.17, 15) is 29.0 Å². The average molecular weight is 574 g/mol. The zero-order chi connectivity index (χ0) is 26.7. The molecule has 0 aromatic carbocycles. The van der Waals surface area contributed by atoms with Crippen LogP contribution in [0, 0.1) is 0 Å². The summed E-state index contributed by atoms with van der Waals surface area (Å²) >= 11 is 5.98. The quantitative estimate of drug-likeness (QED) is 0.126. The van der Waals surface area contributed by atoms with Gasteiger partial charge < -0.3 is 38.9 Å². The molecule has 202 valence electrons. The van der Waals surface area contributed by atoms with Crippen molar-refractivity contribution in [2.24, 2.45) is 0 Å². The molecule has 2 aromatic heterocycles. The molecule has 5 unspecified atom stereocenters. The summed E-state index contributed by atoms with van der Waals surface area (Å²) in [6.45, 7) is 1.45. The minimum absolute atomic E-state index is 0.0171. The second-order valence-electron chi connectivity index (χ2n) is 7.92. The van der Waals surface area contributed by atoms with Gasteiger partial charge in [-0.2, -0.15) is 9.97 Å². The summed E-state index contributed by atoms with van der Waals surface area (Å²) in [5, 5.41) is 23.0. The first kappa shape index (κ1) is 28.9. The lowest BCUT2D eigenvalue weighted by atomic mass is 10.1. The van der Waals surface area contributed by atoms with Crippen LogP contribution in [-0.4, -0.2) is 87.9 Å². The van der Waals surface area contributed by atoms with Crippen molar-refractivity contribution in [1.29, 1.82) is 0 Å². The van der Waals surface area contributed by atoms with Crippen LogP contribution in [0.1, 0.15) is 32.4 Å². The van der Waals surface area contributed by atoms with Crippen LogP contribution in [0.5, 0.6) is 0 Å². The number of halogens is 1. The fraction of sp³-hybridized carbons (Fsp3) is 0.647. The summed E-state index contributed by atoms with van der Waals surface area (Å²) in [6.07, 6.45) is -2.96. The van der Waals surface area contributed by atoms with Gasteiger partial charge in [0.2, 0.25) is 5.28 Å². The van der Waals surface area contributed by atoms with E-state index in [2.05, 4.69) is 24.8 Å². The van der Waals surface area contributed by atoms with Gasteiger partial charge in [-0.3, -0.25) is 19.0 Å². The number of aromatic nitrogens is 4. The second kappa shape index (κ2) is 11.8. The number of aliphatic hydroxyl groups is 2. The number of nitrogens with zero attached hydrogens (tertiary/aromatic N) is 4. The number of anilines is 1. The number of carbonyl (C=O) groups is 1. The van der Waals surface area contributed by atoms with Crippen molar-refractivity contribution in [2.45, 2.75) is 50.7 Å². The van der Waals surface area contributed by atoms with Crippen molar-refractivity contribution in [1.82, 2.24) is 19.5 Å². The van der Waals surface area contributed by atoms with Gasteiger partial charge in [0, 0.05) is 0 Å². The van der Waals surface area contributed by atoms with Gasteiger partial charge >= 0.3 is 21.3 Å². The van der Waals surface area contributed by atoms with E-state index in [4.69, 9.17) is 30.9 Å². The summed E-state index contributed by atoms with van der Waals surface area (Å²) < 4.78 is 39.4. The third-order valence-corrected chi connectivity index (χ3v) is 8.64. The summed E-state index contributed by atoms with van der Waals surface area (Å²) in [5.41, 5.74) is 0.0832. The van der Waals surface area contributed by atoms with E-state index in [1.807, 2.05) is 6.92 Å². The van der Waals surface area contributed by atoms with E-state index in [1.165, 1.54) is 10.9 Å². The highest BCUT2D eigenvalue weighted by molar-refractivity contribution is 7.70. The monoisotopic (exact) mass is 573 g/mol. The van der Waals surface area contributed by atoms with Crippen LogP contribution >= 0.6 is 26.8 Å². The molecule has 0 saturated carbocycles. The SMILES string of the molecule is CCCCCOC(=O)Nc1nc(Cl)nc2c1ncn2C1OC(COP(=O)(O)CP(=O)(O)O)C(O)C1O. The molecule has 0 bridgehead atoms. The van der Waals surface area contributed by atoms with Gasteiger partial charge in [-0.25, -0.2) is 9.78 Å². The molecular weight excluding hydrogens is 548 g/mol. The Morgan fingerprint density at radius 3 is 2.61 bits per heavy atom. The molecule has 0 spiro atoms. The number of unbranched alkanes of at least 4 members (excludes halogenated alkanes) is 2. The molecule has 3 rings (SSSR count). The molecule has 16 nitrogen and oxygen atoms in total. The first-order chi connectivity index (χ1) is 16.8. The number of rotatable bonds is 11. The maximum atomic E-state index is 12.1. The molecule has 0 aliphatic carbocycles. The Morgan fingerprint density at radius 2 is 1.94 bits per heavy atom. The molecule has 6 N–H and O–H groups in total. The fourth-order valence-electron chi connectivity index (χ4n) is 3.37. The van der Waals surface area contributed by atoms with E-state index < -0.39 is 58.3 Å². The molecule has 2 aromatic rings. The average Bonchev–Trinajstić information content (AvgIpc) is 3.29. The number of hydrogen-bond donors (Lipinski definition) is 6. The van der Waals surface area contributed by atoms with E-state index in [0.717, 1.165) is 12.8 Å². The number of nitrogens with one attached hydrogen (secondary N) is 1. The number of carbonyl (C=O) groups excluding carboxylic acids is 1. The number of amides is 1. The summed E-state index contributed by atoms with van der Waals surface area (Å²) in [5.74, 6) is -1.50. The Hall–Kier alpha value is -1.71. The molecule has 19 heteroatoms. The van der Waals surface area contributed by atoms with E-state index in [1.54, 1.807) is 0 Å². The predicted molar refractivity (Wildman–Crippen MR) is 123 cm³/mol. The van der Waals surface area contributed by atoms with Crippen molar-refractivity contribution in [2.75, 3.05) is 24.4 Å². The zero-order valence-electron chi connectivity index (χ0n) is 18.9. The molecule has 0 radical (unpaired) electrons. The fourth-order valence-corrected chi connectivity index (χ4v) is 6.11. The maximum Gasteiger partial charge on any atom is 0.412 e. The van der Waals surface area contributed by atoms with Gasteiger partial charge in [0.05, 0.1) is 19.5 Å². The van der Waals surface area contributed by atoms with Gasteiger partial charge in [0.25, 0.3) is 0 Å². The van der Waals surface area contributed by atoms with Crippen LogP contribution < -0.4 is 5.32 Å². The van der Waals surface area contributed by atoms with Crippen LogP contribution in [0.3, 0.4) is 0 Å². The second-order valence-corrected chi connectivity index (χ2v) is 12.3. The summed E-state index contributed by atoms with van der Waals surface area (Å²) in [6, 6.07) is 0. The van der Waals surface area contributed by atoms with Crippen molar-refractivity contribution in [3.63, 3.8) is 0 Å². The van der Waals surface area contributed by atoms with Crippen LogP contribution in [0.4, 0.5) is 10.6 Å². The lowest BCUT2D eigenvalue weighted by Crippen LogP contribution is -2.33. The Kier molecular flexibility index (Phi) is 9.44. The molecule has 1 saturated heterocycles. The Labute approximate surface area is 209 Å². The Bertz CT molecular complexity index is 1180. The Balaban J connectivity index is 1.75. The summed E-state index contributed by atoms with van der Waals surface area (Å²) in [7, 11) is -9.57. The molecular formula is C17H26ClN5O11P2. The lowest BCUT2D eigenvalue weighted by Gasteiger charge is -2.18. The van der Waals surface area contributed by atoms with Crippen molar-refractivity contribution in [3.8, 4) is 0 Å². The van der Waals surface area contributed by atoms with Gasteiger partial charge in [-0.15, -0.1) is 0 Å². The molecule has 5 atom stereocenters. The summed E-state index contributed by atoms with van der Waals surface area (Å²) in [4.78, 5) is 51.6. The van der Waals surface area contributed by atoms with Crippen molar-refractivity contribution >= 4 is 49.9 Å². The van der Waals surface area contributed by atoms with E-state index >= 15 is 0 Å². The largest absolute Gasteiger partial charge is 0.449 e. The highest BCUT2D eigenvalue weighted by atomic mass is 35.5. The van der Waals surface area contributed by atoms with E-state index in [0.29, 0.717) is 6.42 Å². The Morgan fingerprint density at radius 1 is 1.22 bits per heavy atom. The highest BCUT2D eigenvalue weighted by Gasteiger charge is 2.45. The third-order valence-electron chi connectivity index (χ3n) is 5.01. The minimum atomic E-state index is -4.85. The maximum absolute atomic E-state index is 12.1. The third kappa shape index (κ3) is 7.42. The van der Waals surface area contributed by atoms with Gasteiger partial charge in [-0.05, 0) is 18.0 Å². The van der Waals surface area contributed by atoms with Crippen molar-refractivity contribution < 1.29 is 52.8 Å². The van der Waals surface area contributed by atoms with Crippen LogP contribution in [0.25, 0.3) is 11.2 Å². The number of aliphatic hydroxyl groups excluding tert-OH is 2. The van der Waals surface area contributed by atoms with Crippen molar-refractivity contribution in [3.05, 3.63) is 11.6 Å². The molecule has 36 heavy (non-hydrogen) atoms. The van der Waals surface area contributed by atoms with Crippen LogP contribution in [0.2, 0.25) is 5.28 Å². The predicted octanol–water partition coefficient (Wildman–Crippen LogP) is 1.17. The molecule has 1 aliphatic rings. The smallest absolute Gasteiger partial charge is 0.412 e. The van der Waals surface area contributed by atoms with Crippen LogP contribution in [0.15, 0.2) is 6.33 Å². The van der Waals surface area contributed by atoms with Gasteiger partial charge in [-0.1, -0.05) is 19.8 Å². The first-order valence-electron chi connectivity index (χ1n) is 10.7. The van der Waals surface area contributed by atoms with Gasteiger partial charge in [0.15, 0.2) is 29.1 Å². The number of imidazole rings is 1. The highest BCUT2D eigenvalue weighted by Crippen LogP contribution is 2.55. The molecule has 3 heterocycles. The molecule has 1 aliphatic heterocycles. The molecule has 1 fully saturated rings. The zero-order valence-corrected chi connectivity index (χ0v) is 21.4. The van der Waals surface area contributed by atoms with E-state index in [-0.39, 0.29) is 28.9 Å². The topological polar surface area (TPSA) is 236 Å². The van der Waals surface area contributed by atoms with Crippen LogP contribution in [-0.2, 0) is 23.1 Å². The first-order valence-corrected chi connectivity index (χ1v) is 14.6. The lowest BCUT2D eigenvalue weighted by molar-refractivity contribution is -0.0483. The molecule has 1 amide bonds. The number of fused-ring (bicyclic) bond motifs is 1. The van der Waals surface area contributed by atoms with Gasteiger partial charge in [0.1, 0.15) is 18.3 Å². The number of ether oxygens (including phenoxy) is 2.